The van der Waals surface area contributed by atoms with Gasteiger partial charge in [0.1, 0.15) is 5.82 Å². The summed E-state index contributed by atoms with van der Waals surface area (Å²) >= 11 is 0. The normalized spacial score (nSPS) is 12.3. The van der Waals surface area contributed by atoms with Crippen molar-refractivity contribution in [1.82, 2.24) is 9.97 Å². The Morgan fingerprint density at radius 3 is 2.54 bits per heavy atom. The van der Waals surface area contributed by atoms with Crippen molar-refractivity contribution in [2.75, 3.05) is 23.8 Å². The zero-order valence-electron chi connectivity index (χ0n) is 19.3. The van der Waals surface area contributed by atoms with E-state index in [-0.39, 0.29) is 16.6 Å². The van der Waals surface area contributed by atoms with Crippen molar-refractivity contribution in [3.63, 3.8) is 0 Å². The molecule has 4 rings (SSSR count). The number of hydrogen-bond acceptors (Lipinski definition) is 6. The summed E-state index contributed by atoms with van der Waals surface area (Å²) in [5, 5.41) is 4.35. The van der Waals surface area contributed by atoms with Crippen molar-refractivity contribution in [1.29, 1.82) is 0 Å². The highest BCUT2D eigenvalue weighted by Crippen LogP contribution is 2.31. The molecule has 0 bridgehead atoms. The van der Waals surface area contributed by atoms with E-state index in [0.717, 1.165) is 34.3 Å². The van der Waals surface area contributed by atoms with Crippen molar-refractivity contribution >= 4 is 38.4 Å². The lowest BCUT2D eigenvalue weighted by molar-refractivity contribution is 0.190. The van der Waals surface area contributed by atoms with Gasteiger partial charge in [-0.1, -0.05) is 12.6 Å². The van der Waals surface area contributed by atoms with Crippen LogP contribution in [-0.4, -0.2) is 38.1 Å². The van der Waals surface area contributed by atoms with Crippen molar-refractivity contribution in [2.45, 2.75) is 17.9 Å². The molecule has 4 aromatic rings. The Morgan fingerprint density at radius 2 is 1.83 bits per heavy atom. The van der Waals surface area contributed by atoms with Crippen LogP contribution in [0.15, 0.2) is 78.5 Å². The Kier molecular flexibility index (Phi) is 7.09. The molecule has 2 aromatic carbocycles. The highest BCUT2D eigenvalue weighted by Gasteiger charge is 2.17. The largest absolute Gasteiger partial charge is 0.383 e. The van der Waals surface area contributed by atoms with E-state index in [1.165, 1.54) is 18.2 Å². The van der Waals surface area contributed by atoms with Crippen LogP contribution in [0.25, 0.3) is 28.1 Å². The minimum atomic E-state index is -3.96. The number of sulfonamides is 1. The van der Waals surface area contributed by atoms with Gasteiger partial charge in [0.25, 0.3) is 10.0 Å². The highest BCUT2D eigenvalue weighted by molar-refractivity contribution is 7.92. The SMILES string of the molecule is C=Cc1ncc(-c2ccc3nccc(NC(C)COC)c3c2)cc1NS(=O)(=O)c1ccc(F)cc1. The van der Waals surface area contributed by atoms with E-state index < -0.39 is 15.8 Å². The molecule has 1 unspecified atom stereocenters. The predicted molar refractivity (Wildman–Crippen MR) is 137 cm³/mol. The minimum absolute atomic E-state index is 0.0583. The average molecular weight is 493 g/mol. The maximum Gasteiger partial charge on any atom is 0.261 e. The second-order valence-corrected chi connectivity index (χ2v) is 9.69. The van der Waals surface area contributed by atoms with Crippen molar-refractivity contribution in [3.05, 3.63) is 85.1 Å². The first-order chi connectivity index (χ1) is 16.8. The molecule has 9 heteroatoms. The molecule has 35 heavy (non-hydrogen) atoms. The number of rotatable bonds is 9. The number of fused-ring (bicyclic) bond motifs is 1. The first kappa shape index (κ1) is 24.3. The first-order valence-corrected chi connectivity index (χ1v) is 12.3. The zero-order chi connectivity index (χ0) is 25.0. The molecule has 0 aliphatic carbocycles. The van der Waals surface area contributed by atoms with E-state index in [1.54, 1.807) is 25.6 Å². The number of ether oxygens (including phenoxy) is 1. The van der Waals surface area contributed by atoms with Gasteiger partial charge in [0.15, 0.2) is 0 Å². The molecular formula is C26H25FN4O3S. The van der Waals surface area contributed by atoms with Gasteiger partial charge in [-0.05, 0) is 67.1 Å². The monoisotopic (exact) mass is 492 g/mol. The number of nitrogens with zero attached hydrogens (tertiary/aromatic N) is 2. The smallest absolute Gasteiger partial charge is 0.261 e. The number of anilines is 2. The van der Waals surface area contributed by atoms with Crippen LogP contribution in [0.2, 0.25) is 0 Å². The summed E-state index contributed by atoms with van der Waals surface area (Å²) in [5.41, 5.74) is 3.90. The zero-order valence-corrected chi connectivity index (χ0v) is 20.1. The molecule has 0 spiro atoms. The molecule has 0 fully saturated rings. The number of pyridine rings is 2. The molecule has 0 aliphatic heterocycles. The molecule has 0 saturated heterocycles. The van der Waals surface area contributed by atoms with Gasteiger partial charge in [-0.2, -0.15) is 0 Å². The van der Waals surface area contributed by atoms with Gasteiger partial charge in [0, 0.05) is 42.2 Å². The number of hydrogen-bond donors (Lipinski definition) is 2. The third kappa shape index (κ3) is 5.47. The summed E-state index contributed by atoms with van der Waals surface area (Å²) in [5.74, 6) is -0.518. The minimum Gasteiger partial charge on any atom is -0.383 e. The molecule has 2 heterocycles. The fourth-order valence-electron chi connectivity index (χ4n) is 3.70. The molecule has 1 atom stereocenters. The number of halogens is 1. The Balaban J connectivity index is 1.72. The predicted octanol–water partition coefficient (Wildman–Crippen LogP) is 5.33. The summed E-state index contributed by atoms with van der Waals surface area (Å²) in [4.78, 5) is 8.77. The van der Waals surface area contributed by atoms with E-state index in [9.17, 15) is 12.8 Å². The summed E-state index contributed by atoms with van der Waals surface area (Å²) < 4.78 is 46.8. The quantitative estimate of drug-likeness (QED) is 0.328. The van der Waals surface area contributed by atoms with Crippen molar-refractivity contribution < 1.29 is 17.5 Å². The standard InChI is InChI=1S/C26H25FN4O3S/c1-4-23-26(31-35(32,33)21-8-6-20(27)7-9-21)14-19(15-29-23)18-5-10-24-22(13-18)25(11-12-28-24)30-17(2)16-34-3/h4-15,17,31H,1,16H2,2-3H3,(H,28,30). The first-order valence-electron chi connectivity index (χ1n) is 10.9. The lowest BCUT2D eigenvalue weighted by atomic mass is 10.0. The number of aromatic nitrogens is 2. The maximum atomic E-state index is 13.3. The second-order valence-electron chi connectivity index (χ2n) is 8.01. The Labute approximate surface area is 203 Å². The molecule has 7 nitrogen and oxygen atoms in total. The van der Waals surface area contributed by atoms with E-state index in [2.05, 4.69) is 26.6 Å². The van der Waals surface area contributed by atoms with Crippen molar-refractivity contribution in [2.24, 2.45) is 0 Å². The molecule has 0 radical (unpaired) electrons. The summed E-state index contributed by atoms with van der Waals surface area (Å²) in [7, 11) is -2.30. The maximum absolute atomic E-state index is 13.3. The summed E-state index contributed by atoms with van der Waals surface area (Å²) in [6.07, 6.45) is 4.87. The van der Waals surface area contributed by atoms with Crippen LogP contribution in [0.5, 0.6) is 0 Å². The van der Waals surface area contributed by atoms with Gasteiger partial charge < -0.3 is 10.1 Å². The van der Waals surface area contributed by atoms with Crippen LogP contribution in [0.3, 0.4) is 0 Å². The van der Waals surface area contributed by atoms with Gasteiger partial charge in [-0.15, -0.1) is 0 Å². The summed E-state index contributed by atoms with van der Waals surface area (Å²) in [6.45, 7) is 6.30. The molecule has 0 amide bonds. The Bertz CT molecular complexity index is 1470. The van der Waals surface area contributed by atoms with Gasteiger partial charge in [0.05, 0.1) is 28.4 Å². The van der Waals surface area contributed by atoms with Crippen LogP contribution >= 0.6 is 0 Å². The van der Waals surface area contributed by atoms with Crippen LogP contribution in [0.4, 0.5) is 15.8 Å². The van der Waals surface area contributed by atoms with Gasteiger partial charge in [-0.25, -0.2) is 12.8 Å². The van der Waals surface area contributed by atoms with Crippen LogP contribution in [-0.2, 0) is 14.8 Å². The van der Waals surface area contributed by atoms with E-state index in [0.29, 0.717) is 17.9 Å². The number of benzene rings is 2. The molecule has 0 saturated carbocycles. The fourth-order valence-corrected chi connectivity index (χ4v) is 4.77. The summed E-state index contributed by atoms with van der Waals surface area (Å²) in [6, 6.07) is 14.1. The van der Waals surface area contributed by atoms with E-state index >= 15 is 0 Å². The lowest BCUT2D eigenvalue weighted by Gasteiger charge is -2.16. The molecule has 2 aromatic heterocycles. The highest BCUT2D eigenvalue weighted by atomic mass is 32.2. The van der Waals surface area contributed by atoms with Crippen LogP contribution < -0.4 is 10.0 Å². The topological polar surface area (TPSA) is 93.2 Å². The van der Waals surface area contributed by atoms with Gasteiger partial charge in [0.2, 0.25) is 0 Å². The molecule has 2 N–H and O–H groups in total. The number of nitrogens with one attached hydrogen (secondary N) is 2. The Hall–Kier alpha value is -3.82. The molecule has 180 valence electrons. The van der Waals surface area contributed by atoms with Crippen LogP contribution in [0.1, 0.15) is 12.6 Å². The third-order valence-electron chi connectivity index (χ3n) is 5.37. The fraction of sp³-hybridized carbons (Fsp3) is 0.154. The van der Waals surface area contributed by atoms with E-state index in [1.807, 2.05) is 31.2 Å². The van der Waals surface area contributed by atoms with Crippen LogP contribution in [0, 0.1) is 5.82 Å². The molecular weight excluding hydrogens is 467 g/mol. The van der Waals surface area contributed by atoms with E-state index in [4.69, 9.17) is 4.74 Å². The van der Waals surface area contributed by atoms with Gasteiger partial charge in [-0.3, -0.25) is 14.7 Å². The number of methoxy groups -OCH3 is 1. The second kappa shape index (κ2) is 10.2. The Morgan fingerprint density at radius 1 is 1.06 bits per heavy atom. The van der Waals surface area contributed by atoms with Gasteiger partial charge >= 0.3 is 0 Å². The lowest BCUT2D eigenvalue weighted by Crippen LogP contribution is -2.20. The van der Waals surface area contributed by atoms with Crippen molar-refractivity contribution in [3.8, 4) is 11.1 Å². The third-order valence-corrected chi connectivity index (χ3v) is 6.75. The average Bonchev–Trinajstić information content (AvgIpc) is 2.84. The molecule has 0 aliphatic rings.